The second kappa shape index (κ2) is 5.84. The number of hydrogen-bond acceptors (Lipinski definition) is 3. The number of Topliss-reactive ketones (excluding diaryl/α,β-unsaturated/α-hetero) is 1. The Bertz CT molecular complexity index is 545. The van der Waals surface area contributed by atoms with Gasteiger partial charge in [-0.05, 0) is 39.3 Å². The predicted octanol–water partition coefficient (Wildman–Crippen LogP) is 2.75. The van der Waals surface area contributed by atoms with E-state index in [4.69, 9.17) is 0 Å². The SMILES string of the molecule is CCCC(C)(C)NS(=O)(=O)c1ccc(C(C)=O)cc1. The van der Waals surface area contributed by atoms with Crippen LogP contribution in [0.25, 0.3) is 0 Å². The van der Waals surface area contributed by atoms with Gasteiger partial charge >= 0.3 is 0 Å². The first-order valence-corrected chi connectivity index (χ1v) is 7.81. The van der Waals surface area contributed by atoms with Crippen LogP contribution >= 0.6 is 0 Å². The Labute approximate surface area is 115 Å². The Balaban J connectivity index is 2.98. The first-order chi connectivity index (χ1) is 8.68. The molecule has 0 fully saturated rings. The second-order valence-electron chi connectivity index (χ2n) is 5.32. The minimum Gasteiger partial charge on any atom is -0.295 e. The summed E-state index contributed by atoms with van der Waals surface area (Å²) in [7, 11) is -3.54. The van der Waals surface area contributed by atoms with Gasteiger partial charge in [-0.3, -0.25) is 4.79 Å². The molecule has 0 atom stereocenters. The fourth-order valence-electron chi connectivity index (χ4n) is 1.97. The van der Waals surface area contributed by atoms with Crippen molar-refractivity contribution < 1.29 is 13.2 Å². The Morgan fingerprint density at radius 2 is 1.74 bits per heavy atom. The van der Waals surface area contributed by atoms with E-state index >= 15 is 0 Å². The summed E-state index contributed by atoms with van der Waals surface area (Å²) >= 11 is 0. The molecule has 0 bridgehead atoms. The van der Waals surface area contributed by atoms with Crippen molar-refractivity contribution in [2.24, 2.45) is 0 Å². The van der Waals surface area contributed by atoms with E-state index < -0.39 is 15.6 Å². The lowest BCUT2D eigenvalue weighted by Gasteiger charge is -2.25. The van der Waals surface area contributed by atoms with Crippen molar-refractivity contribution in [2.75, 3.05) is 0 Å². The third-order valence-corrected chi connectivity index (χ3v) is 4.57. The summed E-state index contributed by atoms with van der Waals surface area (Å²) in [6, 6.07) is 5.98. The fraction of sp³-hybridized carbons (Fsp3) is 0.500. The van der Waals surface area contributed by atoms with E-state index in [1.165, 1.54) is 31.2 Å². The van der Waals surface area contributed by atoms with E-state index in [9.17, 15) is 13.2 Å². The molecule has 4 nitrogen and oxygen atoms in total. The first kappa shape index (κ1) is 15.9. The summed E-state index contributed by atoms with van der Waals surface area (Å²) in [5.41, 5.74) is 0.0269. The van der Waals surface area contributed by atoms with Crippen molar-refractivity contribution in [1.29, 1.82) is 0 Å². The first-order valence-electron chi connectivity index (χ1n) is 6.33. The molecule has 0 saturated heterocycles. The lowest BCUT2D eigenvalue weighted by molar-refractivity contribution is 0.101. The Morgan fingerprint density at radius 1 is 1.21 bits per heavy atom. The molecule has 0 aliphatic heterocycles. The summed E-state index contributed by atoms with van der Waals surface area (Å²) in [5.74, 6) is -0.0804. The van der Waals surface area contributed by atoms with Gasteiger partial charge < -0.3 is 0 Å². The van der Waals surface area contributed by atoms with E-state index in [-0.39, 0.29) is 10.7 Å². The summed E-state index contributed by atoms with van der Waals surface area (Å²) in [5, 5.41) is 0. The van der Waals surface area contributed by atoms with Crippen LogP contribution in [0.15, 0.2) is 29.2 Å². The molecule has 0 aromatic heterocycles. The monoisotopic (exact) mass is 283 g/mol. The molecule has 19 heavy (non-hydrogen) atoms. The molecule has 0 saturated carbocycles. The zero-order chi connectivity index (χ0) is 14.7. The molecule has 0 aliphatic carbocycles. The zero-order valence-electron chi connectivity index (χ0n) is 11.9. The third-order valence-electron chi connectivity index (χ3n) is 2.86. The van der Waals surface area contributed by atoms with Crippen molar-refractivity contribution in [1.82, 2.24) is 4.72 Å². The standard InChI is InChI=1S/C14H21NO3S/c1-5-10-14(3,4)15-19(17,18)13-8-6-12(7-9-13)11(2)16/h6-9,15H,5,10H2,1-4H3. The normalized spacial score (nSPS) is 12.4. The number of ketones is 1. The lowest BCUT2D eigenvalue weighted by atomic mass is 10.0. The van der Waals surface area contributed by atoms with Gasteiger partial charge in [-0.15, -0.1) is 0 Å². The molecule has 106 valence electrons. The maximum atomic E-state index is 12.2. The Kier molecular flexibility index (Phi) is 4.87. The molecule has 0 amide bonds. The summed E-state index contributed by atoms with van der Waals surface area (Å²) in [6.45, 7) is 7.18. The predicted molar refractivity (Wildman–Crippen MR) is 75.8 cm³/mol. The number of rotatable bonds is 6. The van der Waals surface area contributed by atoms with Gasteiger partial charge in [0.05, 0.1) is 4.90 Å². The topological polar surface area (TPSA) is 63.2 Å². The molecule has 0 radical (unpaired) electrons. The highest BCUT2D eigenvalue weighted by Gasteiger charge is 2.25. The number of nitrogens with one attached hydrogen (secondary N) is 1. The van der Waals surface area contributed by atoms with Crippen molar-refractivity contribution in [3.8, 4) is 0 Å². The van der Waals surface area contributed by atoms with Crippen LogP contribution in [0.3, 0.4) is 0 Å². The van der Waals surface area contributed by atoms with Crippen LogP contribution < -0.4 is 4.72 Å². The molecule has 1 aromatic carbocycles. The summed E-state index contributed by atoms with van der Waals surface area (Å²) in [4.78, 5) is 11.3. The van der Waals surface area contributed by atoms with Gasteiger partial charge in [0.25, 0.3) is 0 Å². The van der Waals surface area contributed by atoms with Crippen molar-refractivity contribution in [3.63, 3.8) is 0 Å². The molecular weight excluding hydrogens is 262 g/mol. The maximum Gasteiger partial charge on any atom is 0.241 e. The minimum absolute atomic E-state index is 0.0804. The molecule has 1 N–H and O–H groups in total. The van der Waals surface area contributed by atoms with E-state index in [2.05, 4.69) is 4.72 Å². The van der Waals surface area contributed by atoms with Crippen LogP contribution in [0, 0.1) is 0 Å². The summed E-state index contributed by atoms with van der Waals surface area (Å²) in [6.07, 6.45) is 1.66. The fourth-order valence-corrected chi connectivity index (χ4v) is 3.41. The smallest absolute Gasteiger partial charge is 0.241 e. The van der Waals surface area contributed by atoms with Gasteiger partial charge in [-0.1, -0.05) is 25.5 Å². The average Bonchev–Trinajstić information content (AvgIpc) is 2.27. The number of sulfonamides is 1. The second-order valence-corrected chi connectivity index (χ2v) is 7.00. The quantitative estimate of drug-likeness (QED) is 0.816. The average molecular weight is 283 g/mol. The minimum atomic E-state index is -3.54. The van der Waals surface area contributed by atoms with E-state index in [0.29, 0.717) is 5.56 Å². The van der Waals surface area contributed by atoms with Gasteiger partial charge in [0.2, 0.25) is 10.0 Å². The third kappa shape index (κ3) is 4.44. The molecule has 0 aliphatic rings. The highest BCUT2D eigenvalue weighted by molar-refractivity contribution is 7.89. The van der Waals surface area contributed by atoms with Crippen LogP contribution in [0.5, 0.6) is 0 Å². The molecule has 0 heterocycles. The highest BCUT2D eigenvalue weighted by atomic mass is 32.2. The molecule has 1 aromatic rings. The van der Waals surface area contributed by atoms with E-state index in [1.807, 2.05) is 20.8 Å². The van der Waals surface area contributed by atoms with Crippen LogP contribution in [-0.2, 0) is 10.0 Å². The summed E-state index contributed by atoms with van der Waals surface area (Å²) < 4.78 is 27.1. The largest absolute Gasteiger partial charge is 0.295 e. The van der Waals surface area contributed by atoms with Crippen LogP contribution in [0.2, 0.25) is 0 Å². The van der Waals surface area contributed by atoms with E-state index in [0.717, 1.165) is 12.8 Å². The van der Waals surface area contributed by atoms with Gasteiger partial charge in [0.1, 0.15) is 0 Å². The van der Waals surface area contributed by atoms with Crippen molar-refractivity contribution >= 4 is 15.8 Å². The number of carbonyl (C=O) groups is 1. The number of benzene rings is 1. The maximum absolute atomic E-state index is 12.2. The Morgan fingerprint density at radius 3 is 2.16 bits per heavy atom. The molecule has 0 unspecified atom stereocenters. The molecular formula is C14H21NO3S. The van der Waals surface area contributed by atoms with Gasteiger partial charge in [-0.2, -0.15) is 0 Å². The van der Waals surface area contributed by atoms with Gasteiger partial charge in [-0.25, -0.2) is 13.1 Å². The highest BCUT2D eigenvalue weighted by Crippen LogP contribution is 2.17. The van der Waals surface area contributed by atoms with Gasteiger partial charge in [0, 0.05) is 11.1 Å². The molecule has 5 heteroatoms. The lowest BCUT2D eigenvalue weighted by Crippen LogP contribution is -2.43. The Hall–Kier alpha value is -1.20. The van der Waals surface area contributed by atoms with Crippen LogP contribution in [0.1, 0.15) is 50.9 Å². The number of hydrogen-bond donors (Lipinski definition) is 1. The van der Waals surface area contributed by atoms with Crippen LogP contribution in [0.4, 0.5) is 0 Å². The van der Waals surface area contributed by atoms with Crippen molar-refractivity contribution in [2.45, 2.75) is 51.0 Å². The van der Waals surface area contributed by atoms with E-state index in [1.54, 1.807) is 0 Å². The molecule has 0 spiro atoms. The van der Waals surface area contributed by atoms with Crippen LogP contribution in [-0.4, -0.2) is 19.7 Å². The van der Waals surface area contributed by atoms with Crippen molar-refractivity contribution in [3.05, 3.63) is 29.8 Å². The van der Waals surface area contributed by atoms with Gasteiger partial charge in [0.15, 0.2) is 5.78 Å². The molecule has 1 rings (SSSR count). The zero-order valence-corrected chi connectivity index (χ0v) is 12.7. The number of carbonyl (C=O) groups excluding carboxylic acids is 1.